The van der Waals surface area contributed by atoms with Crippen molar-refractivity contribution in [3.05, 3.63) is 52.5 Å². The molecule has 0 spiro atoms. The topological polar surface area (TPSA) is 16.1 Å². The molecule has 1 saturated heterocycles. The monoisotopic (exact) mass is 272 g/mol. The second-order valence-corrected chi connectivity index (χ2v) is 6.82. The molecule has 2 aromatic rings. The Hall–Kier alpha value is -1.19. The minimum atomic E-state index is 0.331. The Morgan fingerprint density at radius 2 is 2.11 bits per heavy atom. The van der Waals surface area contributed by atoms with Crippen molar-refractivity contribution in [3.8, 4) is 0 Å². The highest BCUT2D eigenvalue weighted by atomic mass is 32.1. The van der Waals surface area contributed by atoms with Crippen LogP contribution in [-0.2, 0) is 6.54 Å². The summed E-state index contributed by atoms with van der Waals surface area (Å²) >= 11 is 1.68. The lowest BCUT2D eigenvalue weighted by molar-refractivity contribution is 0.280. The van der Waals surface area contributed by atoms with Gasteiger partial charge in [0.1, 0.15) is 0 Å². The molecule has 1 atom stereocenters. The summed E-state index contributed by atoms with van der Waals surface area (Å²) < 4.78 is 0. The van der Waals surface area contributed by atoms with Crippen LogP contribution >= 0.6 is 11.3 Å². The van der Waals surface area contributed by atoms with Crippen molar-refractivity contribution in [2.24, 2.45) is 5.41 Å². The summed E-state index contributed by atoms with van der Waals surface area (Å²) in [5.41, 5.74) is 4.92. The summed E-state index contributed by atoms with van der Waals surface area (Å²) in [6, 6.07) is 10.9. The molecule has 0 amide bonds. The summed E-state index contributed by atoms with van der Waals surface area (Å²) in [7, 11) is 0. The molecule has 0 bridgehead atoms. The molecule has 1 aliphatic heterocycles. The maximum absolute atomic E-state index is 4.40. The molecule has 0 saturated carbocycles. The van der Waals surface area contributed by atoms with Crippen molar-refractivity contribution in [1.29, 1.82) is 0 Å². The number of benzene rings is 1. The highest BCUT2D eigenvalue weighted by Crippen LogP contribution is 2.42. The molecule has 1 aromatic heterocycles. The van der Waals surface area contributed by atoms with Crippen LogP contribution in [0.1, 0.15) is 31.0 Å². The van der Waals surface area contributed by atoms with Crippen LogP contribution in [0.25, 0.3) is 0 Å². The molecule has 100 valence electrons. The molecule has 1 aromatic carbocycles. The normalized spacial score (nSPS) is 22.7. The quantitative estimate of drug-likeness (QED) is 0.845. The SMILES string of the molecule is CC1(C)CN(Cc2cscn2)C[C@@H]1c1ccccc1. The van der Waals surface area contributed by atoms with Gasteiger partial charge in [0.05, 0.1) is 11.2 Å². The van der Waals surface area contributed by atoms with E-state index in [0.29, 0.717) is 11.3 Å². The van der Waals surface area contributed by atoms with Gasteiger partial charge in [0, 0.05) is 30.9 Å². The van der Waals surface area contributed by atoms with E-state index in [4.69, 9.17) is 0 Å². The maximum Gasteiger partial charge on any atom is 0.0795 e. The second-order valence-electron chi connectivity index (χ2n) is 6.10. The summed E-state index contributed by atoms with van der Waals surface area (Å²) in [5.74, 6) is 0.618. The Morgan fingerprint density at radius 1 is 1.32 bits per heavy atom. The van der Waals surface area contributed by atoms with Gasteiger partial charge in [0.15, 0.2) is 0 Å². The molecule has 3 heteroatoms. The average Bonchev–Trinajstić information content (AvgIpc) is 2.98. The largest absolute Gasteiger partial charge is 0.296 e. The van der Waals surface area contributed by atoms with Gasteiger partial charge in [-0.3, -0.25) is 4.90 Å². The van der Waals surface area contributed by atoms with Crippen LogP contribution in [0.5, 0.6) is 0 Å². The van der Waals surface area contributed by atoms with Crippen molar-refractivity contribution in [1.82, 2.24) is 9.88 Å². The third-order valence-corrected chi connectivity index (χ3v) is 4.72. The number of hydrogen-bond donors (Lipinski definition) is 0. The Morgan fingerprint density at radius 3 is 2.79 bits per heavy atom. The molecule has 0 unspecified atom stereocenters. The zero-order valence-corrected chi connectivity index (χ0v) is 12.4. The van der Waals surface area contributed by atoms with Crippen LogP contribution in [0.3, 0.4) is 0 Å². The van der Waals surface area contributed by atoms with Gasteiger partial charge in [0.25, 0.3) is 0 Å². The number of hydrogen-bond acceptors (Lipinski definition) is 3. The highest BCUT2D eigenvalue weighted by molar-refractivity contribution is 7.07. The fourth-order valence-corrected chi connectivity index (χ4v) is 3.71. The summed E-state index contributed by atoms with van der Waals surface area (Å²) in [6.45, 7) is 8.02. The number of thiazole rings is 1. The molecule has 0 radical (unpaired) electrons. The van der Waals surface area contributed by atoms with E-state index in [-0.39, 0.29) is 0 Å². The number of likely N-dealkylation sites (tertiary alicyclic amines) is 1. The number of aromatic nitrogens is 1. The van der Waals surface area contributed by atoms with Gasteiger partial charge in [-0.25, -0.2) is 4.98 Å². The van der Waals surface area contributed by atoms with Crippen LogP contribution in [0.4, 0.5) is 0 Å². The van der Waals surface area contributed by atoms with Crippen molar-refractivity contribution in [3.63, 3.8) is 0 Å². The Balaban J connectivity index is 1.76. The van der Waals surface area contributed by atoms with Crippen LogP contribution in [-0.4, -0.2) is 23.0 Å². The molecule has 2 heterocycles. The van der Waals surface area contributed by atoms with E-state index in [1.54, 1.807) is 11.3 Å². The lowest BCUT2D eigenvalue weighted by atomic mass is 9.78. The van der Waals surface area contributed by atoms with Crippen LogP contribution in [0.15, 0.2) is 41.2 Å². The van der Waals surface area contributed by atoms with Crippen LogP contribution in [0, 0.1) is 5.41 Å². The van der Waals surface area contributed by atoms with Gasteiger partial charge in [-0.15, -0.1) is 11.3 Å². The van der Waals surface area contributed by atoms with Crippen molar-refractivity contribution < 1.29 is 0 Å². The molecule has 1 fully saturated rings. The first-order valence-electron chi connectivity index (χ1n) is 6.79. The van der Waals surface area contributed by atoms with Crippen molar-refractivity contribution in [2.45, 2.75) is 26.3 Å². The molecule has 0 N–H and O–H groups in total. The predicted octanol–water partition coefficient (Wildman–Crippen LogP) is 3.77. The smallest absolute Gasteiger partial charge is 0.0795 e. The average molecular weight is 272 g/mol. The molecule has 2 nitrogen and oxygen atoms in total. The van der Waals surface area contributed by atoms with E-state index < -0.39 is 0 Å². The number of rotatable bonds is 3. The highest BCUT2D eigenvalue weighted by Gasteiger charge is 2.39. The van der Waals surface area contributed by atoms with E-state index in [1.807, 2.05) is 5.51 Å². The van der Waals surface area contributed by atoms with E-state index in [9.17, 15) is 0 Å². The zero-order valence-electron chi connectivity index (χ0n) is 11.5. The predicted molar refractivity (Wildman–Crippen MR) is 80.4 cm³/mol. The van der Waals surface area contributed by atoms with E-state index in [1.165, 1.54) is 11.3 Å². The van der Waals surface area contributed by atoms with E-state index in [0.717, 1.165) is 19.6 Å². The van der Waals surface area contributed by atoms with Crippen LogP contribution in [0.2, 0.25) is 0 Å². The van der Waals surface area contributed by atoms with Crippen LogP contribution < -0.4 is 0 Å². The maximum atomic E-state index is 4.40. The van der Waals surface area contributed by atoms with Gasteiger partial charge in [-0.2, -0.15) is 0 Å². The summed E-state index contributed by atoms with van der Waals surface area (Å²) in [5, 5.41) is 2.16. The van der Waals surface area contributed by atoms with Gasteiger partial charge in [0.2, 0.25) is 0 Å². The van der Waals surface area contributed by atoms with Crippen molar-refractivity contribution in [2.75, 3.05) is 13.1 Å². The summed E-state index contributed by atoms with van der Waals surface area (Å²) in [4.78, 5) is 6.94. The Bertz CT molecular complexity index is 519. The molecular formula is C16H20N2S. The first kappa shape index (κ1) is 12.8. The fraction of sp³-hybridized carbons (Fsp3) is 0.438. The standard InChI is InChI=1S/C16H20N2S/c1-16(2)11-18(8-14-10-19-12-17-14)9-15(16)13-6-4-3-5-7-13/h3-7,10,12,15H,8-9,11H2,1-2H3/t15-/m1/s1. The van der Waals surface area contributed by atoms with E-state index >= 15 is 0 Å². The van der Waals surface area contributed by atoms with Gasteiger partial charge >= 0.3 is 0 Å². The third-order valence-electron chi connectivity index (χ3n) is 4.09. The third kappa shape index (κ3) is 2.72. The second kappa shape index (κ2) is 5.06. The first-order chi connectivity index (χ1) is 9.15. The minimum absolute atomic E-state index is 0.331. The van der Waals surface area contributed by atoms with Gasteiger partial charge < -0.3 is 0 Å². The lowest BCUT2D eigenvalue weighted by Gasteiger charge is -2.26. The lowest BCUT2D eigenvalue weighted by Crippen LogP contribution is -2.23. The summed E-state index contributed by atoms with van der Waals surface area (Å²) in [6.07, 6.45) is 0. The van der Waals surface area contributed by atoms with Gasteiger partial charge in [-0.05, 0) is 11.0 Å². The zero-order chi connectivity index (χ0) is 13.3. The molecule has 0 aliphatic carbocycles. The Labute approximate surface area is 119 Å². The van der Waals surface area contributed by atoms with Gasteiger partial charge in [-0.1, -0.05) is 44.2 Å². The molecule has 3 rings (SSSR count). The van der Waals surface area contributed by atoms with E-state index in [2.05, 4.69) is 59.4 Å². The van der Waals surface area contributed by atoms with Crippen molar-refractivity contribution >= 4 is 11.3 Å². The molecule has 19 heavy (non-hydrogen) atoms. The first-order valence-corrected chi connectivity index (χ1v) is 7.74. The fourth-order valence-electron chi connectivity index (χ4n) is 3.16. The number of nitrogens with zero attached hydrogens (tertiary/aromatic N) is 2. The Kier molecular flexibility index (Phi) is 3.42. The minimum Gasteiger partial charge on any atom is -0.296 e. The molecular weight excluding hydrogens is 252 g/mol. The molecule has 1 aliphatic rings.